The van der Waals surface area contributed by atoms with Crippen molar-refractivity contribution in [1.29, 1.82) is 0 Å². The van der Waals surface area contributed by atoms with Crippen LogP contribution in [-0.2, 0) is 11.3 Å². The number of benzene rings is 1. The number of nitrogens with zero attached hydrogens (tertiary/aromatic N) is 3. The molecule has 1 N–H and O–H groups in total. The van der Waals surface area contributed by atoms with Crippen LogP contribution in [0.5, 0.6) is 5.75 Å². The Bertz CT molecular complexity index is 679. The van der Waals surface area contributed by atoms with E-state index in [0.717, 1.165) is 25.2 Å². The number of aliphatic hydroxyl groups excluding tert-OH is 1. The Hall–Kier alpha value is -1.60. The van der Waals surface area contributed by atoms with E-state index in [1.807, 2.05) is 36.1 Å². The molecule has 2 atom stereocenters. The van der Waals surface area contributed by atoms with Crippen molar-refractivity contribution in [3.8, 4) is 5.75 Å². The average molecular weight is 366 g/mol. The van der Waals surface area contributed by atoms with Crippen molar-refractivity contribution in [3.63, 3.8) is 0 Å². The van der Waals surface area contributed by atoms with E-state index in [-0.39, 0.29) is 12.7 Å². The van der Waals surface area contributed by atoms with E-state index < -0.39 is 6.10 Å². The number of morpholine rings is 1. The molecule has 0 amide bonds. The molecule has 7 heteroatoms. The second-order valence-corrected chi connectivity index (χ2v) is 6.79. The van der Waals surface area contributed by atoms with Gasteiger partial charge in [-0.2, -0.15) is 5.10 Å². The highest BCUT2D eigenvalue weighted by molar-refractivity contribution is 6.32. The van der Waals surface area contributed by atoms with Crippen LogP contribution in [0.25, 0.3) is 0 Å². The molecule has 0 bridgehead atoms. The van der Waals surface area contributed by atoms with Crippen LogP contribution >= 0.6 is 11.6 Å². The third-order valence-corrected chi connectivity index (χ3v) is 4.43. The van der Waals surface area contributed by atoms with Gasteiger partial charge in [-0.25, -0.2) is 0 Å². The summed E-state index contributed by atoms with van der Waals surface area (Å²) in [5.41, 5.74) is 1.14. The summed E-state index contributed by atoms with van der Waals surface area (Å²) in [7, 11) is 0. The van der Waals surface area contributed by atoms with Gasteiger partial charge in [0, 0.05) is 25.8 Å². The molecule has 0 radical (unpaired) electrons. The van der Waals surface area contributed by atoms with Gasteiger partial charge in [-0.1, -0.05) is 23.7 Å². The second kappa shape index (κ2) is 8.67. The number of β-amino-alcohol motifs (C(OH)–C–C–N with tert-alkyl or cyclic N) is 1. The predicted molar refractivity (Wildman–Crippen MR) is 96.1 cm³/mol. The summed E-state index contributed by atoms with van der Waals surface area (Å²) in [5, 5.41) is 15.1. The first kappa shape index (κ1) is 18.2. The van der Waals surface area contributed by atoms with Gasteiger partial charge in [0.15, 0.2) is 0 Å². The van der Waals surface area contributed by atoms with E-state index in [0.29, 0.717) is 23.9 Å². The zero-order chi connectivity index (χ0) is 17.6. The number of aryl methyl sites for hydroxylation is 1. The van der Waals surface area contributed by atoms with Gasteiger partial charge in [0.05, 0.1) is 30.5 Å². The lowest BCUT2D eigenvalue weighted by Crippen LogP contribution is -2.47. The molecule has 1 aliphatic heterocycles. The van der Waals surface area contributed by atoms with Crippen molar-refractivity contribution < 1.29 is 14.6 Å². The Morgan fingerprint density at radius 3 is 3.04 bits per heavy atom. The lowest BCUT2D eigenvalue weighted by atomic mass is 10.2. The van der Waals surface area contributed by atoms with Crippen LogP contribution in [0.1, 0.15) is 5.56 Å². The van der Waals surface area contributed by atoms with Crippen LogP contribution in [0.15, 0.2) is 36.7 Å². The summed E-state index contributed by atoms with van der Waals surface area (Å²) in [6.07, 6.45) is 3.34. The Labute approximate surface area is 152 Å². The van der Waals surface area contributed by atoms with E-state index in [1.165, 1.54) is 0 Å². The molecular weight excluding hydrogens is 342 g/mol. The highest BCUT2D eigenvalue weighted by Crippen LogP contribution is 2.23. The number of rotatable bonds is 7. The normalized spacial score (nSPS) is 19.7. The number of para-hydroxylation sites is 1. The first-order valence-electron chi connectivity index (χ1n) is 8.48. The molecule has 2 aromatic rings. The number of aromatic nitrogens is 2. The fraction of sp³-hybridized carbons (Fsp3) is 0.500. The molecule has 6 nitrogen and oxygen atoms in total. The van der Waals surface area contributed by atoms with Gasteiger partial charge in [0.2, 0.25) is 0 Å². The van der Waals surface area contributed by atoms with Crippen molar-refractivity contribution in [2.45, 2.75) is 25.7 Å². The second-order valence-electron chi connectivity index (χ2n) is 6.39. The molecule has 1 aromatic heterocycles. The largest absolute Gasteiger partial charge is 0.489 e. The van der Waals surface area contributed by atoms with Crippen LogP contribution < -0.4 is 4.74 Å². The maximum absolute atomic E-state index is 10.3. The third kappa shape index (κ3) is 5.44. The summed E-state index contributed by atoms with van der Waals surface area (Å²) >= 11 is 6.06. The number of aliphatic hydroxyl groups is 1. The first-order chi connectivity index (χ1) is 12.1. The SMILES string of the molecule is Cc1cnn(CC2CN(CC(O)COc3ccccc3Cl)CCO2)c1. The van der Waals surface area contributed by atoms with E-state index in [4.69, 9.17) is 21.1 Å². The highest BCUT2D eigenvalue weighted by Gasteiger charge is 2.23. The smallest absolute Gasteiger partial charge is 0.138 e. The number of hydrogen-bond donors (Lipinski definition) is 1. The van der Waals surface area contributed by atoms with Crippen molar-refractivity contribution in [2.24, 2.45) is 0 Å². The molecule has 2 heterocycles. The Balaban J connectivity index is 1.44. The molecule has 1 aromatic carbocycles. The molecule has 0 aliphatic carbocycles. The minimum Gasteiger partial charge on any atom is -0.489 e. The summed E-state index contributed by atoms with van der Waals surface area (Å²) in [5.74, 6) is 0.595. The van der Waals surface area contributed by atoms with Gasteiger partial charge in [-0.15, -0.1) is 0 Å². The lowest BCUT2D eigenvalue weighted by Gasteiger charge is -2.34. The van der Waals surface area contributed by atoms with Gasteiger partial charge in [-0.3, -0.25) is 9.58 Å². The molecular formula is C18H24ClN3O3. The molecule has 0 saturated carbocycles. The maximum Gasteiger partial charge on any atom is 0.138 e. The molecule has 3 rings (SSSR count). The van der Waals surface area contributed by atoms with Crippen LogP contribution in [-0.4, -0.2) is 64.8 Å². The van der Waals surface area contributed by atoms with E-state index >= 15 is 0 Å². The number of ether oxygens (including phenoxy) is 2. The lowest BCUT2D eigenvalue weighted by molar-refractivity contribution is -0.0517. The molecule has 2 unspecified atom stereocenters. The molecule has 1 aliphatic rings. The molecule has 136 valence electrons. The summed E-state index contributed by atoms with van der Waals surface area (Å²) < 4.78 is 13.3. The standard InChI is InChI=1S/C18H24ClN3O3/c1-14-8-20-22(9-14)12-16-11-21(6-7-24-16)10-15(23)13-25-18-5-3-2-4-17(18)19/h2-5,8-9,15-16,23H,6-7,10-13H2,1H3. The fourth-order valence-electron chi connectivity index (χ4n) is 2.93. The number of halogens is 1. The van der Waals surface area contributed by atoms with Crippen LogP contribution in [0.2, 0.25) is 5.02 Å². The number of hydrogen-bond acceptors (Lipinski definition) is 5. The van der Waals surface area contributed by atoms with Gasteiger partial charge >= 0.3 is 0 Å². The van der Waals surface area contributed by atoms with Crippen molar-refractivity contribution in [1.82, 2.24) is 14.7 Å². The maximum atomic E-state index is 10.3. The Morgan fingerprint density at radius 1 is 1.44 bits per heavy atom. The Kier molecular flexibility index (Phi) is 6.31. The Morgan fingerprint density at radius 2 is 2.28 bits per heavy atom. The van der Waals surface area contributed by atoms with Gasteiger partial charge < -0.3 is 14.6 Å². The monoisotopic (exact) mass is 365 g/mol. The van der Waals surface area contributed by atoms with E-state index in [1.54, 1.807) is 12.1 Å². The third-order valence-electron chi connectivity index (χ3n) is 4.11. The van der Waals surface area contributed by atoms with Crippen molar-refractivity contribution >= 4 is 11.6 Å². The fourth-order valence-corrected chi connectivity index (χ4v) is 3.12. The van der Waals surface area contributed by atoms with Crippen molar-refractivity contribution in [2.75, 3.05) is 32.8 Å². The van der Waals surface area contributed by atoms with Crippen LogP contribution in [0.3, 0.4) is 0 Å². The van der Waals surface area contributed by atoms with Gasteiger partial charge in [0.25, 0.3) is 0 Å². The van der Waals surface area contributed by atoms with Crippen LogP contribution in [0, 0.1) is 6.92 Å². The summed E-state index contributed by atoms with van der Waals surface area (Å²) in [4.78, 5) is 2.20. The summed E-state index contributed by atoms with van der Waals surface area (Å²) in [6, 6.07) is 7.27. The molecule has 25 heavy (non-hydrogen) atoms. The first-order valence-corrected chi connectivity index (χ1v) is 8.86. The molecule has 0 spiro atoms. The van der Waals surface area contributed by atoms with Crippen LogP contribution in [0.4, 0.5) is 0 Å². The minimum absolute atomic E-state index is 0.0738. The van der Waals surface area contributed by atoms with Gasteiger partial charge in [-0.05, 0) is 24.6 Å². The summed E-state index contributed by atoms with van der Waals surface area (Å²) in [6.45, 7) is 5.72. The van der Waals surface area contributed by atoms with Gasteiger partial charge in [0.1, 0.15) is 18.5 Å². The minimum atomic E-state index is -0.582. The zero-order valence-corrected chi connectivity index (χ0v) is 15.1. The average Bonchev–Trinajstić information content (AvgIpc) is 2.99. The van der Waals surface area contributed by atoms with E-state index in [2.05, 4.69) is 10.00 Å². The van der Waals surface area contributed by atoms with E-state index in [9.17, 15) is 5.11 Å². The topological polar surface area (TPSA) is 59.8 Å². The quantitative estimate of drug-likeness (QED) is 0.813. The molecule has 1 saturated heterocycles. The van der Waals surface area contributed by atoms with Crippen molar-refractivity contribution in [3.05, 3.63) is 47.2 Å². The predicted octanol–water partition coefficient (Wildman–Crippen LogP) is 1.99. The molecule has 1 fully saturated rings. The zero-order valence-electron chi connectivity index (χ0n) is 14.3. The highest BCUT2D eigenvalue weighted by atomic mass is 35.5.